The van der Waals surface area contributed by atoms with E-state index in [1.54, 1.807) is 18.2 Å². The minimum atomic E-state index is -0.390. The van der Waals surface area contributed by atoms with Crippen LogP contribution in [0.1, 0.15) is 40.5 Å². The molecule has 0 spiro atoms. The first-order chi connectivity index (χ1) is 10.9. The van der Waals surface area contributed by atoms with Gasteiger partial charge >= 0.3 is 0 Å². The van der Waals surface area contributed by atoms with Crippen LogP contribution in [0.15, 0.2) is 24.3 Å². The topological polar surface area (TPSA) is 41.6 Å². The van der Waals surface area contributed by atoms with Crippen molar-refractivity contribution in [2.75, 3.05) is 6.54 Å². The molecule has 4 nitrogen and oxygen atoms in total. The van der Waals surface area contributed by atoms with E-state index in [0.29, 0.717) is 18.6 Å². The maximum Gasteiger partial charge on any atom is 0.237 e. The highest BCUT2D eigenvalue weighted by atomic mass is 19.1. The third-order valence-corrected chi connectivity index (χ3v) is 4.58. The van der Waals surface area contributed by atoms with Gasteiger partial charge in [0.2, 0.25) is 5.91 Å². The maximum absolute atomic E-state index is 13.5. The van der Waals surface area contributed by atoms with Gasteiger partial charge in [-0.25, -0.2) is 4.39 Å². The van der Waals surface area contributed by atoms with Gasteiger partial charge in [-0.2, -0.15) is 0 Å². The Balaban J connectivity index is 1.83. The van der Waals surface area contributed by atoms with E-state index in [1.165, 1.54) is 6.07 Å². The van der Waals surface area contributed by atoms with Crippen LogP contribution in [0.2, 0.25) is 0 Å². The molecule has 0 unspecified atom stereocenters. The van der Waals surface area contributed by atoms with E-state index in [-0.39, 0.29) is 23.8 Å². The normalized spacial score (nSPS) is 24.2. The molecule has 1 aromatic carbocycles. The number of ether oxygens (including phenoxy) is 1. The van der Waals surface area contributed by atoms with Crippen molar-refractivity contribution in [3.63, 3.8) is 0 Å². The van der Waals surface area contributed by atoms with E-state index in [4.69, 9.17) is 4.74 Å². The molecule has 0 aromatic heterocycles. The van der Waals surface area contributed by atoms with Gasteiger partial charge in [0.1, 0.15) is 6.10 Å². The molecule has 0 bridgehead atoms. The summed E-state index contributed by atoms with van der Waals surface area (Å²) in [6.07, 6.45) is 1.97. The van der Waals surface area contributed by atoms with Gasteiger partial charge in [0.05, 0.1) is 12.6 Å². The third kappa shape index (κ3) is 4.44. The van der Waals surface area contributed by atoms with Gasteiger partial charge < -0.3 is 10.1 Å². The lowest BCUT2D eigenvalue weighted by Crippen LogP contribution is -2.50. The van der Waals surface area contributed by atoms with Gasteiger partial charge in [0.15, 0.2) is 11.6 Å². The lowest BCUT2D eigenvalue weighted by atomic mass is 10.2. The minimum Gasteiger partial charge on any atom is -0.486 e. The molecule has 1 amide bonds. The first kappa shape index (κ1) is 17.7. The lowest BCUT2D eigenvalue weighted by Gasteiger charge is -2.31. The number of carbonyl (C=O) groups excluding carboxylic acids is 1. The summed E-state index contributed by atoms with van der Waals surface area (Å²) in [5.41, 5.74) is 0. The van der Waals surface area contributed by atoms with Gasteiger partial charge in [0, 0.05) is 12.1 Å². The van der Waals surface area contributed by atoms with Crippen LogP contribution >= 0.6 is 0 Å². The van der Waals surface area contributed by atoms with Crippen LogP contribution in [-0.4, -0.2) is 41.6 Å². The van der Waals surface area contributed by atoms with Crippen LogP contribution in [-0.2, 0) is 4.79 Å². The molecule has 1 aromatic rings. The standard InChI is InChI=1S/C18H27FN2O2/c1-12-9-10-13(2)21(12)15(4)18(22)20-11-14(3)23-17-8-6-5-7-16(17)19/h5-8,12-15H,9-11H2,1-4H3,(H,20,22)/t12-,13-,14-,15+/m1/s1. The zero-order valence-corrected chi connectivity index (χ0v) is 14.4. The Morgan fingerprint density at radius 2 is 1.91 bits per heavy atom. The maximum atomic E-state index is 13.5. The molecule has 1 aliphatic heterocycles. The molecule has 128 valence electrons. The van der Waals surface area contributed by atoms with E-state index in [1.807, 2.05) is 13.8 Å². The smallest absolute Gasteiger partial charge is 0.237 e. The molecule has 5 heteroatoms. The fourth-order valence-corrected chi connectivity index (χ4v) is 3.30. The molecule has 4 atom stereocenters. The van der Waals surface area contributed by atoms with Crippen molar-refractivity contribution in [2.24, 2.45) is 0 Å². The monoisotopic (exact) mass is 322 g/mol. The molecule has 1 aliphatic rings. The van der Waals surface area contributed by atoms with Gasteiger partial charge in [-0.3, -0.25) is 9.69 Å². The molecule has 2 rings (SSSR count). The van der Waals surface area contributed by atoms with Crippen molar-refractivity contribution in [1.29, 1.82) is 0 Å². The van der Waals surface area contributed by atoms with Crippen molar-refractivity contribution in [1.82, 2.24) is 10.2 Å². The second kappa shape index (κ2) is 7.77. The summed E-state index contributed by atoms with van der Waals surface area (Å²) < 4.78 is 19.1. The average molecular weight is 322 g/mol. The zero-order chi connectivity index (χ0) is 17.0. The Morgan fingerprint density at radius 3 is 2.52 bits per heavy atom. The summed E-state index contributed by atoms with van der Waals surface area (Å²) in [7, 11) is 0. The van der Waals surface area contributed by atoms with Crippen LogP contribution in [0, 0.1) is 5.82 Å². The molecule has 0 radical (unpaired) electrons. The molecule has 1 fully saturated rings. The predicted octanol–water partition coefficient (Wildman–Crippen LogP) is 2.97. The Labute approximate surface area is 138 Å². The summed E-state index contributed by atoms with van der Waals surface area (Å²) in [4.78, 5) is 14.6. The van der Waals surface area contributed by atoms with Crippen molar-refractivity contribution >= 4 is 5.91 Å². The number of amides is 1. The van der Waals surface area contributed by atoms with Gasteiger partial charge in [0.25, 0.3) is 0 Å². The van der Waals surface area contributed by atoms with Gasteiger partial charge in [-0.1, -0.05) is 12.1 Å². The van der Waals surface area contributed by atoms with Crippen LogP contribution in [0.25, 0.3) is 0 Å². The second-order valence-corrected chi connectivity index (χ2v) is 6.50. The fraction of sp³-hybridized carbons (Fsp3) is 0.611. The Morgan fingerprint density at radius 1 is 1.30 bits per heavy atom. The van der Waals surface area contributed by atoms with E-state index < -0.39 is 5.82 Å². The van der Waals surface area contributed by atoms with Crippen molar-refractivity contribution in [3.8, 4) is 5.75 Å². The highest BCUT2D eigenvalue weighted by Crippen LogP contribution is 2.25. The van der Waals surface area contributed by atoms with Crippen molar-refractivity contribution in [2.45, 2.75) is 64.8 Å². The summed E-state index contributed by atoms with van der Waals surface area (Å²) in [5, 5.41) is 2.91. The number of halogens is 1. The van der Waals surface area contributed by atoms with Gasteiger partial charge in [-0.05, 0) is 52.7 Å². The van der Waals surface area contributed by atoms with Crippen LogP contribution in [0.4, 0.5) is 4.39 Å². The minimum absolute atomic E-state index is 0.00502. The molecular weight excluding hydrogens is 295 g/mol. The number of hydrogen-bond donors (Lipinski definition) is 1. The first-order valence-corrected chi connectivity index (χ1v) is 8.36. The molecule has 0 saturated carbocycles. The first-order valence-electron chi connectivity index (χ1n) is 8.36. The van der Waals surface area contributed by atoms with E-state index in [0.717, 1.165) is 12.8 Å². The Kier molecular flexibility index (Phi) is 5.99. The molecular formula is C18H27FN2O2. The number of carbonyl (C=O) groups is 1. The predicted molar refractivity (Wildman–Crippen MR) is 89.0 cm³/mol. The van der Waals surface area contributed by atoms with Crippen molar-refractivity contribution < 1.29 is 13.9 Å². The SMILES string of the molecule is C[C@H](CNC(=O)[C@H](C)N1[C@H](C)CC[C@H]1C)Oc1ccccc1F. The molecule has 1 heterocycles. The quantitative estimate of drug-likeness (QED) is 0.875. The zero-order valence-electron chi connectivity index (χ0n) is 14.4. The number of hydrogen-bond acceptors (Lipinski definition) is 3. The summed E-state index contributed by atoms with van der Waals surface area (Å²) >= 11 is 0. The Hall–Kier alpha value is -1.62. The van der Waals surface area contributed by atoms with Crippen LogP contribution in [0.5, 0.6) is 5.75 Å². The second-order valence-electron chi connectivity index (χ2n) is 6.50. The summed E-state index contributed by atoms with van der Waals surface area (Å²) in [6.45, 7) is 8.44. The van der Waals surface area contributed by atoms with E-state index in [9.17, 15) is 9.18 Å². The number of likely N-dealkylation sites (tertiary alicyclic amines) is 1. The Bertz CT molecular complexity index is 528. The lowest BCUT2D eigenvalue weighted by molar-refractivity contribution is -0.127. The highest BCUT2D eigenvalue weighted by Gasteiger charge is 2.34. The van der Waals surface area contributed by atoms with Crippen molar-refractivity contribution in [3.05, 3.63) is 30.1 Å². The number of rotatable bonds is 6. The number of para-hydroxylation sites is 1. The van der Waals surface area contributed by atoms with Crippen LogP contribution in [0.3, 0.4) is 0 Å². The average Bonchev–Trinajstić information content (AvgIpc) is 2.85. The molecule has 1 saturated heterocycles. The largest absolute Gasteiger partial charge is 0.486 e. The number of benzene rings is 1. The van der Waals surface area contributed by atoms with E-state index >= 15 is 0 Å². The summed E-state index contributed by atoms with van der Waals surface area (Å²) in [6, 6.07) is 6.98. The number of nitrogens with one attached hydrogen (secondary N) is 1. The molecule has 23 heavy (non-hydrogen) atoms. The van der Waals surface area contributed by atoms with Crippen LogP contribution < -0.4 is 10.1 Å². The third-order valence-electron chi connectivity index (χ3n) is 4.58. The van der Waals surface area contributed by atoms with Gasteiger partial charge in [-0.15, -0.1) is 0 Å². The number of nitrogens with zero attached hydrogens (tertiary/aromatic N) is 1. The highest BCUT2D eigenvalue weighted by molar-refractivity contribution is 5.81. The molecule has 1 N–H and O–H groups in total. The summed E-state index contributed by atoms with van der Waals surface area (Å²) in [5.74, 6) is -0.183. The fourth-order valence-electron chi connectivity index (χ4n) is 3.30. The molecule has 0 aliphatic carbocycles. The van der Waals surface area contributed by atoms with E-state index in [2.05, 4.69) is 24.1 Å².